The zero-order valence-electron chi connectivity index (χ0n) is 22.1. The van der Waals surface area contributed by atoms with Crippen LogP contribution in [0.4, 0.5) is 23.7 Å². The molecule has 42 heavy (non-hydrogen) atoms. The summed E-state index contributed by atoms with van der Waals surface area (Å²) >= 11 is 0. The highest BCUT2D eigenvalue weighted by Gasteiger charge is 2.31. The fraction of sp³-hybridized carbons (Fsp3) is 0.214. The molecule has 1 aliphatic heterocycles. The van der Waals surface area contributed by atoms with Crippen molar-refractivity contribution in [3.8, 4) is 17.4 Å². The van der Waals surface area contributed by atoms with Crippen LogP contribution in [0, 0.1) is 0 Å². The average Bonchev–Trinajstić information content (AvgIpc) is 3.28. The molecule has 1 aliphatic rings. The normalized spacial score (nSPS) is 13.6. The number of anilines is 1. The molecule has 5 rings (SSSR count). The van der Waals surface area contributed by atoms with Crippen molar-refractivity contribution in [3.63, 3.8) is 0 Å². The summed E-state index contributed by atoms with van der Waals surface area (Å²) in [6.45, 7) is 1.14. The maximum Gasteiger partial charge on any atom is 0.573 e. The van der Waals surface area contributed by atoms with Crippen molar-refractivity contribution in [2.24, 2.45) is 7.05 Å². The third-order valence-corrected chi connectivity index (χ3v) is 6.64. The Kier molecular flexibility index (Phi) is 7.61. The first kappa shape index (κ1) is 28.3. The Morgan fingerprint density at radius 3 is 2.19 bits per heavy atom. The maximum absolute atomic E-state index is 13.1. The van der Waals surface area contributed by atoms with Crippen molar-refractivity contribution in [2.75, 3.05) is 31.5 Å². The minimum atomic E-state index is -4.82. The number of hydrogen-bond acceptors (Lipinski definition) is 6. The van der Waals surface area contributed by atoms with Crippen LogP contribution in [0.25, 0.3) is 10.9 Å². The number of fused-ring (bicyclic) bond motifs is 1. The Morgan fingerprint density at radius 2 is 1.57 bits per heavy atom. The number of hydrogen-bond donors (Lipinski definition) is 2. The van der Waals surface area contributed by atoms with E-state index in [1.54, 1.807) is 40.8 Å². The Labute approximate surface area is 236 Å². The standard InChI is InChI=1S/C28H24F3N5O6/c1-34-22-15-21(8-4-18(22)14-23(34)26(38)35-10-12-36(13-11-35)27(39)40)41-24-9-5-19(16-32-24)33-25(37)17-2-6-20(7-3-17)42-28(29,30)31/h2-9,14-16H,10-13H2,1H3,(H,33,37)(H,39,40). The van der Waals surface area contributed by atoms with E-state index in [0.29, 0.717) is 30.2 Å². The van der Waals surface area contributed by atoms with Crippen LogP contribution in [0.5, 0.6) is 17.4 Å². The maximum atomic E-state index is 13.1. The van der Waals surface area contributed by atoms with E-state index in [4.69, 9.17) is 9.84 Å². The number of carbonyl (C=O) groups excluding carboxylic acids is 2. The number of rotatable bonds is 6. The molecule has 0 unspecified atom stereocenters. The topological polar surface area (TPSA) is 126 Å². The van der Waals surface area contributed by atoms with Crippen molar-refractivity contribution < 1.29 is 42.1 Å². The van der Waals surface area contributed by atoms with Crippen LogP contribution in [-0.2, 0) is 7.05 Å². The molecular weight excluding hydrogens is 559 g/mol. The number of carboxylic acid groups (broad SMARTS) is 1. The summed E-state index contributed by atoms with van der Waals surface area (Å²) in [7, 11) is 1.76. The highest BCUT2D eigenvalue weighted by atomic mass is 19.4. The largest absolute Gasteiger partial charge is 0.573 e. The molecule has 218 valence electrons. The van der Waals surface area contributed by atoms with Gasteiger partial charge in [-0.2, -0.15) is 0 Å². The molecule has 0 bridgehead atoms. The first-order valence-corrected chi connectivity index (χ1v) is 12.6. The summed E-state index contributed by atoms with van der Waals surface area (Å²) in [6, 6.07) is 14.7. The van der Waals surface area contributed by atoms with Gasteiger partial charge in [-0.05, 0) is 48.5 Å². The number of aromatic nitrogens is 2. The number of piperazine rings is 1. The molecule has 11 nitrogen and oxygen atoms in total. The highest BCUT2D eigenvalue weighted by molar-refractivity contribution is 6.04. The van der Waals surface area contributed by atoms with Crippen LogP contribution >= 0.6 is 0 Å². The van der Waals surface area contributed by atoms with Crippen LogP contribution < -0.4 is 14.8 Å². The SMILES string of the molecule is Cn1c(C(=O)N2CCN(C(=O)O)CC2)cc2ccc(Oc3ccc(NC(=O)c4ccc(OC(F)(F)F)cc4)cn3)cc21. The Morgan fingerprint density at radius 1 is 0.905 bits per heavy atom. The molecular formula is C28H24F3N5O6. The highest BCUT2D eigenvalue weighted by Crippen LogP contribution is 2.28. The van der Waals surface area contributed by atoms with E-state index < -0.39 is 24.1 Å². The van der Waals surface area contributed by atoms with Crippen LogP contribution in [-0.4, -0.2) is 74.9 Å². The molecule has 3 heterocycles. The fourth-order valence-electron chi connectivity index (χ4n) is 4.49. The Balaban J connectivity index is 1.22. The van der Waals surface area contributed by atoms with Gasteiger partial charge in [-0.25, -0.2) is 9.78 Å². The lowest BCUT2D eigenvalue weighted by Crippen LogP contribution is -2.50. The molecule has 3 amide bonds. The summed E-state index contributed by atoms with van der Waals surface area (Å²) < 4.78 is 48.4. The van der Waals surface area contributed by atoms with Gasteiger partial charge < -0.3 is 34.3 Å². The lowest BCUT2D eigenvalue weighted by Gasteiger charge is -2.33. The Hall–Kier alpha value is -5.27. The molecule has 0 spiro atoms. The number of amides is 3. The van der Waals surface area contributed by atoms with E-state index in [2.05, 4.69) is 15.0 Å². The van der Waals surface area contributed by atoms with Gasteiger partial charge in [0.2, 0.25) is 5.88 Å². The van der Waals surface area contributed by atoms with E-state index in [1.807, 2.05) is 6.07 Å². The zero-order valence-corrected chi connectivity index (χ0v) is 22.1. The third-order valence-electron chi connectivity index (χ3n) is 6.64. The summed E-state index contributed by atoms with van der Waals surface area (Å²) in [6.07, 6.45) is -4.45. The molecule has 0 aliphatic carbocycles. The second-order valence-corrected chi connectivity index (χ2v) is 9.38. The summed E-state index contributed by atoms with van der Waals surface area (Å²) in [5.41, 5.74) is 1.68. The molecule has 1 saturated heterocycles. The van der Waals surface area contributed by atoms with Gasteiger partial charge in [-0.1, -0.05) is 0 Å². The summed E-state index contributed by atoms with van der Waals surface area (Å²) in [5, 5.41) is 12.6. The minimum absolute atomic E-state index is 0.126. The number of aryl methyl sites for hydroxylation is 1. The number of nitrogens with one attached hydrogen (secondary N) is 1. The van der Waals surface area contributed by atoms with Gasteiger partial charge in [0.1, 0.15) is 17.2 Å². The van der Waals surface area contributed by atoms with E-state index in [0.717, 1.165) is 23.0 Å². The molecule has 2 aromatic heterocycles. The second kappa shape index (κ2) is 11.3. The van der Waals surface area contributed by atoms with Crippen molar-refractivity contribution >= 4 is 34.5 Å². The lowest BCUT2D eigenvalue weighted by atomic mass is 10.2. The number of benzene rings is 2. The lowest BCUT2D eigenvalue weighted by molar-refractivity contribution is -0.274. The predicted molar refractivity (Wildman–Crippen MR) is 144 cm³/mol. The average molecular weight is 584 g/mol. The first-order valence-electron chi connectivity index (χ1n) is 12.6. The fourth-order valence-corrected chi connectivity index (χ4v) is 4.49. The number of pyridine rings is 1. The smallest absolute Gasteiger partial charge is 0.465 e. The van der Waals surface area contributed by atoms with E-state index in [-0.39, 0.29) is 30.4 Å². The molecule has 2 aromatic carbocycles. The Bertz CT molecular complexity index is 1630. The summed E-state index contributed by atoms with van der Waals surface area (Å²) in [4.78, 5) is 43.8. The number of alkyl halides is 3. The number of nitrogens with zero attached hydrogens (tertiary/aromatic N) is 4. The van der Waals surface area contributed by atoms with Gasteiger partial charge in [0.05, 0.1) is 17.4 Å². The van der Waals surface area contributed by atoms with Gasteiger partial charge in [0.15, 0.2) is 0 Å². The zero-order chi connectivity index (χ0) is 30.0. The molecule has 2 N–H and O–H groups in total. The van der Waals surface area contributed by atoms with Gasteiger partial charge in [-0.15, -0.1) is 13.2 Å². The molecule has 1 fully saturated rings. The van der Waals surface area contributed by atoms with Crippen LogP contribution in [0.3, 0.4) is 0 Å². The van der Waals surface area contributed by atoms with E-state index in [9.17, 15) is 27.6 Å². The van der Waals surface area contributed by atoms with Gasteiger partial charge >= 0.3 is 12.5 Å². The third kappa shape index (κ3) is 6.37. The second-order valence-electron chi connectivity index (χ2n) is 9.38. The molecule has 0 atom stereocenters. The molecule has 0 radical (unpaired) electrons. The van der Waals surface area contributed by atoms with Crippen molar-refractivity contribution in [1.29, 1.82) is 0 Å². The predicted octanol–water partition coefficient (Wildman–Crippen LogP) is 4.95. The first-order chi connectivity index (χ1) is 20.0. The monoisotopic (exact) mass is 583 g/mol. The number of halogens is 3. The van der Waals surface area contributed by atoms with Crippen molar-refractivity contribution in [3.05, 3.63) is 78.1 Å². The molecule has 0 saturated carbocycles. The van der Waals surface area contributed by atoms with E-state index >= 15 is 0 Å². The van der Waals surface area contributed by atoms with Crippen LogP contribution in [0.2, 0.25) is 0 Å². The van der Waals surface area contributed by atoms with Gasteiger partial charge in [0, 0.05) is 56.3 Å². The van der Waals surface area contributed by atoms with Gasteiger partial charge in [0.25, 0.3) is 11.8 Å². The van der Waals surface area contributed by atoms with Crippen LogP contribution in [0.15, 0.2) is 66.9 Å². The van der Waals surface area contributed by atoms with Gasteiger partial charge in [-0.3, -0.25) is 9.59 Å². The van der Waals surface area contributed by atoms with Crippen molar-refractivity contribution in [2.45, 2.75) is 6.36 Å². The number of carbonyl (C=O) groups is 3. The number of ether oxygens (including phenoxy) is 2. The molecule has 14 heteroatoms. The summed E-state index contributed by atoms with van der Waals surface area (Å²) in [5.74, 6) is -0.473. The quantitative estimate of drug-likeness (QED) is 0.329. The molecule has 4 aromatic rings. The van der Waals surface area contributed by atoms with E-state index in [1.165, 1.54) is 29.3 Å². The van der Waals surface area contributed by atoms with Crippen molar-refractivity contribution in [1.82, 2.24) is 19.4 Å². The minimum Gasteiger partial charge on any atom is -0.465 e. The van der Waals surface area contributed by atoms with Crippen LogP contribution in [0.1, 0.15) is 20.8 Å².